The van der Waals surface area contributed by atoms with Crippen molar-refractivity contribution in [3.8, 4) is 0 Å². The van der Waals surface area contributed by atoms with E-state index in [1.54, 1.807) is 30.3 Å². The van der Waals surface area contributed by atoms with Gasteiger partial charge in [-0.05, 0) is 30.2 Å². The van der Waals surface area contributed by atoms with Gasteiger partial charge in [-0.3, -0.25) is 0 Å². The smallest absolute Gasteiger partial charge is 0.241 e. The molecule has 0 aliphatic rings. The van der Waals surface area contributed by atoms with Gasteiger partial charge in [0.15, 0.2) is 0 Å². The fourth-order valence-electron chi connectivity index (χ4n) is 2.11. The first-order valence-electron chi connectivity index (χ1n) is 6.98. The first-order chi connectivity index (χ1) is 11.7. The Hall–Kier alpha value is -2.42. The van der Waals surface area contributed by atoms with Gasteiger partial charge in [-0.25, -0.2) is 13.1 Å². The molecule has 1 N–H and O–H groups in total. The Bertz CT molecular complexity index is 898. The van der Waals surface area contributed by atoms with Gasteiger partial charge in [0.2, 0.25) is 10.0 Å². The lowest BCUT2D eigenvalue weighted by molar-refractivity contribution is -0.308. The van der Waals surface area contributed by atoms with Crippen molar-refractivity contribution in [2.24, 2.45) is 0 Å². The second-order valence-electron chi connectivity index (χ2n) is 5.11. The van der Waals surface area contributed by atoms with Crippen molar-refractivity contribution < 1.29 is 28.2 Å². The number of nitrogens with one attached hydrogen (secondary N) is 1. The predicted octanol–water partition coefficient (Wildman–Crippen LogP) is -0.657. The average Bonchev–Trinajstić information content (AvgIpc) is 2.54. The molecule has 0 amide bonds. The summed E-state index contributed by atoms with van der Waals surface area (Å²) in [6, 6.07) is 9.78. The minimum atomic E-state index is -4.32. The Morgan fingerprint density at radius 2 is 1.72 bits per heavy atom. The minimum absolute atomic E-state index is 0.136. The second kappa shape index (κ2) is 7.64. The van der Waals surface area contributed by atoms with Crippen LogP contribution in [0.5, 0.6) is 0 Å². The highest BCUT2D eigenvalue weighted by atomic mass is 35.5. The quantitative estimate of drug-likeness (QED) is 0.678. The van der Waals surface area contributed by atoms with Crippen LogP contribution in [-0.4, -0.2) is 26.4 Å². The molecule has 2 rings (SSSR count). The Labute approximate surface area is 148 Å². The summed E-state index contributed by atoms with van der Waals surface area (Å²) in [7, 11) is -4.32. The Kier molecular flexibility index (Phi) is 5.78. The molecule has 0 bridgehead atoms. The number of halogens is 1. The number of carbonyl (C=O) groups is 2. The van der Waals surface area contributed by atoms with Crippen LogP contribution < -0.4 is 14.9 Å². The standard InChI is InChI=1S/C16H14ClNO6S/c17-13-7-6-11(9-12(13)15(19)20)25(23,24)18-14(16(21)22)8-10-4-2-1-3-5-10/h1-7,9,14,18H,8H2,(H,19,20)(H,21,22)/p-2/t14-/m0/s1. The second-order valence-corrected chi connectivity index (χ2v) is 7.23. The number of aliphatic carboxylic acids is 1. The molecule has 2 aromatic carbocycles. The normalized spacial score (nSPS) is 12.5. The first kappa shape index (κ1) is 18.9. The van der Waals surface area contributed by atoms with Crippen LogP contribution in [0.4, 0.5) is 0 Å². The lowest BCUT2D eigenvalue weighted by atomic mass is 10.1. The molecule has 0 aliphatic carbocycles. The SMILES string of the molecule is O=C([O-])c1cc(S(=O)(=O)N[C@@H](Cc2ccccc2)C(=O)[O-])ccc1Cl. The van der Waals surface area contributed by atoms with Gasteiger partial charge in [-0.2, -0.15) is 0 Å². The predicted molar refractivity (Wildman–Crippen MR) is 85.0 cm³/mol. The molecule has 0 aromatic heterocycles. The highest BCUT2D eigenvalue weighted by molar-refractivity contribution is 7.89. The highest BCUT2D eigenvalue weighted by Crippen LogP contribution is 2.20. The summed E-state index contributed by atoms with van der Waals surface area (Å²) in [6.07, 6.45) is -0.136. The lowest BCUT2D eigenvalue weighted by Gasteiger charge is -2.20. The number of hydrogen-bond donors (Lipinski definition) is 1. The third kappa shape index (κ3) is 4.79. The fourth-order valence-corrected chi connectivity index (χ4v) is 3.51. The maximum atomic E-state index is 12.4. The molecule has 25 heavy (non-hydrogen) atoms. The summed E-state index contributed by atoms with van der Waals surface area (Å²) in [5, 5.41) is 22.0. The van der Waals surface area contributed by atoms with E-state index in [0.717, 1.165) is 18.2 Å². The molecule has 0 spiro atoms. The molecule has 2 aromatic rings. The topological polar surface area (TPSA) is 126 Å². The molecule has 0 saturated heterocycles. The van der Waals surface area contributed by atoms with E-state index < -0.39 is 38.5 Å². The summed E-state index contributed by atoms with van der Waals surface area (Å²) >= 11 is 5.66. The van der Waals surface area contributed by atoms with Crippen LogP contribution in [0.3, 0.4) is 0 Å². The zero-order valence-electron chi connectivity index (χ0n) is 12.6. The van der Waals surface area contributed by atoms with Crippen molar-refractivity contribution >= 4 is 33.6 Å². The van der Waals surface area contributed by atoms with E-state index in [9.17, 15) is 28.2 Å². The molecule has 9 heteroatoms. The van der Waals surface area contributed by atoms with Gasteiger partial charge in [-0.15, -0.1) is 0 Å². The van der Waals surface area contributed by atoms with Gasteiger partial charge in [-0.1, -0.05) is 41.9 Å². The number of carboxylic acids is 2. The van der Waals surface area contributed by atoms with Crippen LogP contribution in [0.25, 0.3) is 0 Å². The Balaban J connectivity index is 2.30. The van der Waals surface area contributed by atoms with Crippen molar-refractivity contribution in [3.05, 3.63) is 64.7 Å². The van der Waals surface area contributed by atoms with Gasteiger partial charge < -0.3 is 19.8 Å². The number of sulfonamides is 1. The third-order valence-electron chi connectivity index (χ3n) is 3.33. The van der Waals surface area contributed by atoms with E-state index >= 15 is 0 Å². The molecule has 0 aliphatic heterocycles. The monoisotopic (exact) mass is 381 g/mol. The van der Waals surface area contributed by atoms with Crippen LogP contribution in [0.2, 0.25) is 5.02 Å². The third-order valence-corrected chi connectivity index (χ3v) is 5.13. The molecular weight excluding hydrogens is 370 g/mol. The first-order valence-corrected chi connectivity index (χ1v) is 8.85. The molecular formula is C16H12ClNO6S-2. The number of carboxylic acid groups (broad SMARTS) is 2. The molecule has 0 unspecified atom stereocenters. The van der Waals surface area contributed by atoms with Gasteiger partial charge in [0.1, 0.15) is 0 Å². The summed E-state index contributed by atoms with van der Waals surface area (Å²) < 4.78 is 26.7. The summed E-state index contributed by atoms with van der Waals surface area (Å²) in [5.74, 6) is -3.26. The van der Waals surface area contributed by atoms with Crippen molar-refractivity contribution in [2.45, 2.75) is 17.4 Å². The number of rotatable bonds is 7. The van der Waals surface area contributed by atoms with Gasteiger partial charge >= 0.3 is 0 Å². The molecule has 132 valence electrons. The largest absolute Gasteiger partial charge is 0.548 e. The van der Waals surface area contributed by atoms with Crippen LogP contribution in [0.15, 0.2) is 53.4 Å². The molecule has 0 fully saturated rings. The van der Waals surface area contributed by atoms with Crippen LogP contribution in [-0.2, 0) is 21.2 Å². The van der Waals surface area contributed by atoms with Crippen molar-refractivity contribution in [2.75, 3.05) is 0 Å². The minimum Gasteiger partial charge on any atom is -0.548 e. The summed E-state index contributed by atoms with van der Waals surface area (Å²) in [6.45, 7) is 0. The van der Waals surface area contributed by atoms with E-state index in [0.29, 0.717) is 5.56 Å². The number of hydrogen-bond acceptors (Lipinski definition) is 6. The molecule has 7 nitrogen and oxygen atoms in total. The van der Waals surface area contributed by atoms with E-state index in [-0.39, 0.29) is 11.4 Å². The van der Waals surface area contributed by atoms with Crippen molar-refractivity contribution in [3.63, 3.8) is 0 Å². The molecule has 0 heterocycles. The Morgan fingerprint density at radius 3 is 2.28 bits per heavy atom. The summed E-state index contributed by atoms with van der Waals surface area (Å²) in [5.41, 5.74) is 0.0727. The van der Waals surface area contributed by atoms with Gasteiger partial charge in [0.05, 0.1) is 22.9 Å². The van der Waals surface area contributed by atoms with Gasteiger partial charge in [0.25, 0.3) is 0 Å². The highest BCUT2D eigenvalue weighted by Gasteiger charge is 2.22. The number of carbonyl (C=O) groups excluding carboxylic acids is 2. The number of aromatic carboxylic acids is 1. The van der Waals surface area contributed by atoms with Crippen molar-refractivity contribution in [1.82, 2.24) is 4.72 Å². The fraction of sp³-hybridized carbons (Fsp3) is 0.125. The molecule has 0 saturated carbocycles. The zero-order valence-corrected chi connectivity index (χ0v) is 14.2. The van der Waals surface area contributed by atoms with E-state index in [1.165, 1.54) is 0 Å². The van der Waals surface area contributed by atoms with Crippen molar-refractivity contribution in [1.29, 1.82) is 0 Å². The number of benzene rings is 2. The maximum absolute atomic E-state index is 12.4. The van der Waals surface area contributed by atoms with Crippen LogP contribution in [0, 0.1) is 0 Å². The lowest BCUT2D eigenvalue weighted by Crippen LogP contribution is -2.49. The van der Waals surface area contributed by atoms with Crippen LogP contribution in [0.1, 0.15) is 15.9 Å². The molecule has 1 atom stereocenters. The van der Waals surface area contributed by atoms with E-state index in [2.05, 4.69) is 0 Å². The molecule has 0 radical (unpaired) electrons. The van der Waals surface area contributed by atoms with Crippen LogP contribution >= 0.6 is 11.6 Å². The Morgan fingerprint density at radius 1 is 1.08 bits per heavy atom. The zero-order chi connectivity index (χ0) is 18.6. The van der Waals surface area contributed by atoms with E-state index in [1.807, 2.05) is 4.72 Å². The van der Waals surface area contributed by atoms with Gasteiger partial charge in [0, 0.05) is 10.6 Å². The van der Waals surface area contributed by atoms with E-state index in [4.69, 9.17) is 11.6 Å². The summed E-state index contributed by atoms with van der Waals surface area (Å²) in [4.78, 5) is 21.8. The average molecular weight is 382 g/mol. The maximum Gasteiger partial charge on any atom is 0.241 e.